The highest BCUT2D eigenvalue weighted by Gasteiger charge is 2.15. The van der Waals surface area contributed by atoms with Gasteiger partial charge in [-0.05, 0) is 48.5 Å². The van der Waals surface area contributed by atoms with Crippen molar-refractivity contribution < 1.29 is 14.0 Å². The molecule has 3 N–H and O–H groups in total. The number of benzene rings is 2. The largest absolute Gasteiger partial charge is 0.326 e. The van der Waals surface area contributed by atoms with Gasteiger partial charge >= 0.3 is 0 Å². The van der Waals surface area contributed by atoms with E-state index in [1.807, 2.05) is 0 Å². The molecular weight excluding hydrogens is 323 g/mol. The molecule has 0 fully saturated rings. The van der Waals surface area contributed by atoms with Gasteiger partial charge in [-0.2, -0.15) is 5.10 Å². The van der Waals surface area contributed by atoms with E-state index in [0.717, 1.165) is 0 Å². The van der Waals surface area contributed by atoms with Crippen molar-refractivity contribution >= 4 is 23.2 Å². The Morgan fingerprint density at radius 1 is 0.960 bits per heavy atom. The topological polar surface area (TPSA) is 86.9 Å². The molecule has 25 heavy (non-hydrogen) atoms. The number of H-pyrrole nitrogens is 1. The van der Waals surface area contributed by atoms with Crippen molar-refractivity contribution in [2.45, 2.75) is 6.92 Å². The lowest BCUT2D eigenvalue weighted by Crippen LogP contribution is -2.12. The standard InChI is InChI=1S/C18H15FN4O2/c1-11(24)21-14-6-8-15(9-7-14)22-18(25)16-10-20-23-17(16)12-2-4-13(19)5-3-12/h2-10H,1H3,(H,20,23)(H,21,24)(H,22,25). The van der Waals surface area contributed by atoms with Crippen LogP contribution in [0.5, 0.6) is 0 Å². The molecule has 0 saturated carbocycles. The Bertz CT molecular complexity index is 902. The van der Waals surface area contributed by atoms with Crippen LogP contribution >= 0.6 is 0 Å². The summed E-state index contributed by atoms with van der Waals surface area (Å²) in [6.45, 7) is 1.42. The third kappa shape index (κ3) is 3.89. The number of carbonyl (C=O) groups is 2. The number of nitrogens with zero attached hydrogens (tertiary/aromatic N) is 1. The fourth-order valence-electron chi connectivity index (χ4n) is 2.33. The first-order chi connectivity index (χ1) is 12.0. The highest BCUT2D eigenvalue weighted by Crippen LogP contribution is 2.22. The lowest BCUT2D eigenvalue weighted by Gasteiger charge is -2.07. The zero-order chi connectivity index (χ0) is 17.8. The van der Waals surface area contributed by atoms with Crippen molar-refractivity contribution in [1.82, 2.24) is 10.2 Å². The maximum atomic E-state index is 13.1. The Hall–Kier alpha value is -3.48. The number of rotatable bonds is 4. The molecule has 3 aromatic rings. The molecule has 126 valence electrons. The van der Waals surface area contributed by atoms with Crippen molar-refractivity contribution in [3.05, 3.63) is 66.1 Å². The van der Waals surface area contributed by atoms with Crippen LogP contribution in [0.3, 0.4) is 0 Å². The second-order valence-corrected chi connectivity index (χ2v) is 5.38. The highest BCUT2D eigenvalue weighted by molar-refractivity contribution is 6.08. The van der Waals surface area contributed by atoms with Crippen LogP contribution in [0.4, 0.5) is 15.8 Å². The average Bonchev–Trinajstić information content (AvgIpc) is 3.06. The van der Waals surface area contributed by atoms with Crippen LogP contribution in [0.2, 0.25) is 0 Å². The van der Waals surface area contributed by atoms with Gasteiger partial charge < -0.3 is 10.6 Å². The van der Waals surface area contributed by atoms with Gasteiger partial charge in [0.2, 0.25) is 5.91 Å². The number of halogens is 1. The van der Waals surface area contributed by atoms with Crippen molar-refractivity contribution in [2.24, 2.45) is 0 Å². The monoisotopic (exact) mass is 338 g/mol. The Kier molecular flexibility index (Phi) is 4.56. The molecule has 7 heteroatoms. The first kappa shape index (κ1) is 16.4. The summed E-state index contributed by atoms with van der Waals surface area (Å²) in [5.74, 6) is -0.868. The van der Waals surface area contributed by atoms with Gasteiger partial charge in [-0.3, -0.25) is 14.7 Å². The predicted molar refractivity (Wildman–Crippen MR) is 92.7 cm³/mol. The van der Waals surface area contributed by atoms with Gasteiger partial charge in [0, 0.05) is 23.9 Å². The third-order valence-corrected chi connectivity index (χ3v) is 3.48. The Morgan fingerprint density at radius 2 is 1.56 bits per heavy atom. The fourth-order valence-corrected chi connectivity index (χ4v) is 2.33. The fraction of sp³-hybridized carbons (Fsp3) is 0.0556. The van der Waals surface area contributed by atoms with Crippen molar-refractivity contribution in [3.8, 4) is 11.3 Å². The van der Waals surface area contributed by atoms with Crippen molar-refractivity contribution in [1.29, 1.82) is 0 Å². The molecule has 0 bridgehead atoms. The van der Waals surface area contributed by atoms with E-state index in [4.69, 9.17) is 0 Å². The van der Waals surface area contributed by atoms with E-state index in [0.29, 0.717) is 28.2 Å². The number of amides is 2. The van der Waals surface area contributed by atoms with Crippen LogP contribution in [-0.2, 0) is 4.79 Å². The van der Waals surface area contributed by atoms with Gasteiger partial charge in [0.1, 0.15) is 5.82 Å². The van der Waals surface area contributed by atoms with E-state index >= 15 is 0 Å². The minimum absolute atomic E-state index is 0.167. The second-order valence-electron chi connectivity index (χ2n) is 5.38. The van der Waals surface area contributed by atoms with Crippen LogP contribution in [0.15, 0.2) is 54.7 Å². The highest BCUT2D eigenvalue weighted by atomic mass is 19.1. The number of nitrogens with one attached hydrogen (secondary N) is 3. The summed E-state index contributed by atoms with van der Waals surface area (Å²) in [7, 11) is 0. The van der Waals surface area contributed by atoms with Gasteiger partial charge in [0.05, 0.1) is 17.5 Å². The first-order valence-electron chi connectivity index (χ1n) is 7.51. The summed E-state index contributed by atoms with van der Waals surface area (Å²) >= 11 is 0. The Morgan fingerprint density at radius 3 is 2.16 bits per heavy atom. The zero-order valence-corrected chi connectivity index (χ0v) is 13.3. The van der Waals surface area contributed by atoms with E-state index in [9.17, 15) is 14.0 Å². The summed E-state index contributed by atoms with van der Waals surface area (Å²) in [5.41, 5.74) is 2.72. The predicted octanol–water partition coefficient (Wildman–Crippen LogP) is 3.43. The van der Waals surface area contributed by atoms with Gasteiger partial charge in [0.25, 0.3) is 5.91 Å². The van der Waals surface area contributed by atoms with Crippen LogP contribution in [0.25, 0.3) is 11.3 Å². The van der Waals surface area contributed by atoms with Crippen molar-refractivity contribution in [2.75, 3.05) is 10.6 Å². The Balaban J connectivity index is 1.77. The molecule has 0 atom stereocenters. The lowest BCUT2D eigenvalue weighted by atomic mass is 10.1. The number of aromatic amines is 1. The SMILES string of the molecule is CC(=O)Nc1ccc(NC(=O)c2cn[nH]c2-c2ccc(F)cc2)cc1. The maximum Gasteiger partial charge on any atom is 0.259 e. The summed E-state index contributed by atoms with van der Waals surface area (Å²) in [6.07, 6.45) is 1.42. The summed E-state index contributed by atoms with van der Waals surface area (Å²) in [4.78, 5) is 23.5. The van der Waals surface area contributed by atoms with Crippen LogP contribution in [-0.4, -0.2) is 22.0 Å². The maximum absolute atomic E-state index is 13.1. The lowest BCUT2D eigenvalue weighted by molar-refractivity contribution is -0.114. The molecule has 0 radical (unpaired) electrons. The normalized spacial score (nSPS) is 10.3. The molecule has 1 aromatic heterocycles. The van der Waals surface area contributed by atoms with Crippen LogP contribution < -0.4 is 10.6 Å². The van der Waals surface area contributed by atoms with E-state index in [1.165, 1.54) is 25.3 Å². The molecule has 1 heterocycles. The zero-order valence-electron chi connectivity index (χ0n) is 13.3. The van der Waals surface area contributed by atoms with E-state index in [2.05, 4.69) is 20.8 Å². The van der Waals surface area contributed by atoms with Crippen molar-refractivity contribution in [3.63, 3.8) is 0 Å². The van der Waals surface area contributed by atoms with Gasteiger partial charge in [-0.25, -0.2) is 4.39 Å². The molecule has 6 nitrogen and oxygen atoms in total. The summed E-state index contributed by atoms with van der Waals surface area (Å²) in [5, 5.41) is 12.1. The van der Waals surface area contributed by atoms with Crippen LogP contribution in [0, 0.1) is 5.82 Å². The molecule has 0 spiro atoms. The molecule has 2 amide bonds. The summed E-state index contributed by atoms with van der Waals surface area (Å²) in [6, 6.07) is 12.5. The summed E-state index contributed by atoms with van der Waals surface area (Å²) < 4.78 is 13.1. The molecule has 0 aliphatic heterocycles. The number of hydrogen-bond acceptors (Lipinski definition) is 3. The quantitative estimate of drug-likeness (QED) is 0.681. The smallest absolute Gasteiger partial charge is 0.259 e. The van der Waals surface area contributed by atoms with Gasteiger partial charge in [-0.1, -0.05) is 0 Å². The van der Waals surface area contributed by atoms with E-state index < -0.39 is 0 Å². The minimum Gasteiger partial charge on any atom is -0.326 e. The average molecular weight is 338 g/mol. The Labute approximate surface area is 143 Å². The minimum atomic E-state index is -0.353. The molecule has 0 aliphatic carbocycles. The molecule has 3 rings (SSSR count). The molecule has 0 saturated heterocycles. The molecule has 2 aromatic carbocycles. The molecule has 0 unspecified atom stereocenters. The first-order valence-corrected chi connectivity index (χ1v) is 7.51. The van der Waals surface area contributed by atoms with E-state index in [-0.39, 0.29) is 17.6 Å². The van der Waals surface area contributed by atoms with Gasteiger partial charge in [-0.15, -0.1) is 0 Å². The number of aromatic nitrogens is 2. The van der Waals surface area contributed by atoms with Crippen LogP contribution in [0.1, 0.15) is 17.3 Å². The molecular formula is C18H15FN4O2. The number of anilines is 2. The second kappa shape index (κ2) is 6.96. The number of hydrogen-bond donors (Lipinski definition) is 3. The van der Waals surface area contributed by atoms with E-state index in [1.54, 1.807) is 36.4 Å². The number of carbonyl (C=O) groups excluding carboxylic acids is 2. The third-order valence-electron chi connectivity index (χ3n) is 3.48. The molecule has 0 aliphatic rings. The van der Waals surface area contributed by atoms with Gasteiger partial charge in [0.15, 0.2) is 0 Å².